The highest BCUT2D eigenvalue weighted by Crippen LogP contribution is 2.27. The predicted octanol–water partition coefficient (Wildman–Crippen LogP) is 3.08. The van der Waals surface area contributed by atoms with Crippen LogP contribution in [0.3, 0.4) is 0 Å². The van der Waals surface area contributed by atoms with Crippen molar-refractivity contribution in [3.63, 3.8) is 0 Å². The van der Waals surface area contributed by atoms with Crippen LogP contribution in [0.5, 0.6) is 0 Å². The van der Waals surface area contributed by atoms with Gasteiger partial charge >= 0.3 is 0 Å². The molecule has 1 atom stereocenters. The monoisotopic (exact) mass is 260 g/mol. The summed E-state index contributed by atoms with van der Waals surface area (Å²) in [5, 5.41) is 0.394. The third kappa shape index (κ3) is 8.13. The van der Waals surface area contributed by atoms with Crippen LogP contribution >= 0.6 is 9.24 Å². The fraction of sp³-hybridized carbons (Fsp3) is 1.00. The van der Waals surface area contributed by atoms with Crippen LogP contribution in [0.4, 0.5) is 0 Å². The molecular weight excluding hydrogens is 227 g/mol. The van der Waals surface area contributed by atoms with E-state index in [0.717, 1.165) is 0 Å². The minimum atomic E-state index is 0.394. The normalized spacial score (nSPS) is 12.7. The van der Waals surface area contributed by atoms with Crippen LogP contribution in [-0.4, -0.2) is 54.2 Å². The van der Waals surface area contributed by atoms with Crippen molar-refractivity contribution in [1.29, 1.82) is 0 Å². The lowest BCUT2D eigenvalue weighted by Gasteiger charge is -2.30. The van der Waals surface area contributed by atoms with Crippen LogP contribution in [0.25, 0.3) is 0 Å². The Morgan fingerprint density at radius 3 is 1.29 bits per heavy atom. The molecule has 104 valence electrons. The Labute approximate surface area is 111 Å². The summed E-state index contributed by atoms with van der Waals surface area (Å²) in [5.74, 6) is 0. The van der Waals surface area contributed by atoms with Gasteiger partial charge < -0.3 is 9.80 Å². The van der Waals surface area contributed by atoms with Crippen molar-refractivity contribution in [3.05, 3.63) is 0 Å². The molecule has 3 heteroatoms. The average molecular weight is 260 g/mol. The molecular formula is C14H33N2P. The second-order valence-corrected chi connectivity index (χ2v) is 6.60. The van der Waals surface area contributed by atoms with Gasteiger partial charge in [-0.05, 0) is 57.3 Å². The van der Waals surface area contributed by atoms with Crippen LogP contribution in [-0.2, 0) is 0 Å². The van der Waals surface area contributed by atoms with E-state index >= 15 is 0 Å². The fourth-order valence-corrected chi connectivity index (χ4v) is 2.29. The number of hydrogen-bond donors (Lipinski definition) is 0. The molecule has 0 heterocycles. The van der Waals surface area contributed by atoms with Crippen LogP contribution < -0.4 is 0 Å². The van der Waals surface area contributed by atoms with E-state index in [1.54, 1.807) is 0 Å². The van der Waals surface area contributed by atoms with Gasteiger partial charge in [-0.1, -0.05) is 34.6 Å². The minimum Gasteiger partial charge on any atom is -0.304 e. The van der Waals surface area contributed by atoms with Crippen LogP contribution in [0.2, 0.25) is 0 Å². The van der Waals surface area contributed by atoms with Crippen LogP contribution in [0, 0.1) is 0 Å². The van der Waals surface area contributed by atoms with Gasteiger partial charge in [0.15, 0.2) is 0 Å². The fourth-order valence-electron chi connectivity index (χ4n) is 2.03. The van der Waals surface area contributed by atoms with Crippen molar-refractivity contribution in [1.82, 2.24) is 9.80 Å². The summed E-state index contributed by atoms with van der Waals surface area (Å²) in [6.07, 6.45) is 2.56. The van der Waals surface area contributed by atoms with E-state index in [-0.39, 0.29) is 0 Å². The van der Waals surface area contributed by atoms with Gasteiger partial charge in [0, 0.05) is 0 Å². The van der Waals surface area contributed by atoms with Crippen molar-refractivity contribution in [2.24, 2.45) is 0 Å². The highest BCUT2D eigenvalue weighted by Gasteiger charge is 2.19. The van der Waals surface area contributed by atoms with Gasteiger partial charge in [0.25, 0.3) is 0 Å². The van der Waals surface area contributed by atoms with Gasteiger partial charge in [-0.2, -0.15) is 0 Å². The molecule has 0 N–H and O–H groups in total. The van der Waals surface area contributed by atoms with Crippen molar-refractivity contribution in [2.45, 2.75) is 52.6 Å². The van der Waals surface area contributed by atoms with E-state index in [1.165, 1.54) is 52.1 Å². The average Bonchev–Trinajstić information content (AvgIpc) is 2.31. The van der Waals surface area contributed by atoms with Crippen molar-refractivity contribution in [2.75, 3.05) is 39.3 Å². The summed E-state index contributed by atoms with van der Waals surface area (Å²) in [5.41, 5.74) is 0. The Hall–Kier alpha value is 0.350. The quantitative estimate of drug-likeness (QED) is 0.557. The van der Waals surface area contributed by atoms with Crippen molar-refractivity contribution >= 4 is 9.24 Å². The van der Waals surface area contributed by atoms with Crippen LogP contribution in [0.15, 0.2) is 0 Å². The smallest absolute Gasteiger partial charge is 0.00106 e. The highest BCUT2D eigenvalue weighted by atomic mass is 31.0. The van der Waals surface area contributed by atoms with Crippen molar-refractivity contribution < 1.29 is 0 Å². The summed E-state index contributed by atoms with van der Waals surface area (Å²) in [4.78, 5) is 5.03. The molecule has 0 saturated carbocycles. The minimum absolute atomic E-state index is 0.394. The Morgan fingerprint density at radius 1 is 0.765 bits per heavy atom. The van der Waals surface area contributed by atoms with E-state index < -0.39 is 0 Å². The lowest BCUT2D eigenvalue weighted by Crippen LogP contribution is -2.33. The molecule has 0 rings (SSSR count). The number of nitrogens with zero attached hydrogens (tertiary/aromatic N) is 2. The lowest BCUT2D eigenvalue weighted by molar-refractivity contribution is 0.258. The molecule has 0 aromatic carbocycles. The van der Waals surface area contributed by atoms with Crippen molar-refractivity contribution in [3.8, 4) is 0 Å². The molecule has 0 aliphatic heterocycles. The Kier molecular flexibility index (Phi) is 9.49. The summed E-state index contributed by atoms with van der Waals surface area (Å²) in [6.45, 7) is 18.5. The van der Waals surface area contributed by atoms with Gasteiger partial charge in [-0.3, -0.25) is 0 Å². The van der Waals surface area contributed by atoms with E-state index in [4.69, 9.17) is 0 Å². The van der Waals surface area contributed by atoms with Gasteiger partial charge in [-0.15, -0.1) is 9.24 Å². The highest BCUT2D eigenvalue weighted by molar-refractivity contribution is 7.18. The Morgan fingerprint density at radius 2 is 1.06 bits per heavy atom. The molecule has 17 heavy (non-hydrogen) atoms. The molecule has 0 amide bonds. The first-order valence-electron chi connectivity index (χ1n) is 7.22. The predicted molar refractivity (Wildman–Crippen MR) is 82.9 cm³/mol. The molecule has 0 spiro atoms. The molecule has 1 unspecified atom stereocenters. The van der Waals surface area contributed by atoms with Gasteiger partial charge in [0.1, 0.15) is 0 Å². The number of hydrogen-bond acceptors (Lipinski definition) is 2. The van der Waals surface area contributed by atoms with Gasteiger partial charge in [0.2, 0.25) is 0 Å². The zero-order valence-corrected chi connectivity index (χ0v) is 13.8. The van der Waals surface area contributed by atoms with E-state index in [2.05, 4.69) is 53.7 Å². The van der Waals surface area contributed by atoms with E-state index in [9.17, 15) is 0 Å². The summed E-state index contributed by atoms with van der Waals surface area (Å²) in [6, 6.07) is 0. The maximum absolute atomic E-state index is 3.08. The molecule has 0 bridgehead atoms. The largest absolute Gasteiger partial charge is 0.304 e. The molecule has 2 nitrogen and oxygen atoms in total. The molecule has 0 saturated heterocycles. The zero-order chi connectivity index (χ0) is 13.3. The molecule has 0 fully saturated rings. The summed E-state index contributed by atoms with van der Waals surface area (Å²) in [7, 11) is 3.08. The maximum atomic E-state index is 3.08. The standard InChI is InChI=1S/C14H33N2P/c1-6-15(7-2)12-10-14(5,17)11-13-16(8-3)9-4/h6-13,17H2,1-5H3. The SMILES string of the molecule is CCN(CC)CCC(C)(P)CCN(CC)CC. The van der Waals surface area contributed by atoms with E-state index in [0.29, 0.717) is 5.16 Å². The van der Waals surface area contributed by atoms with E-state index in [1.807, 2.05) is 0 Å². The number of rotatable bonds is 10. The Bertz CT molecular complexity index is 157. The molecule has 0 radical (unpaired) electrons. The third-order valence-corrected chi connectivity index (χ3v) is 4.36. The van der Waals surface area contributed by atoms with Gasteiger partial charge in [-0.25, -0.2) is 0 Å². The Balaban J connectivity index is 3.93. The summed E-state index contributed by atoms with van der Waals surface area (Å²) >= 11 is 0. The first-order chi connectivity index (χ1) is 7.99. The molecule has 0 aliphatic rings. The zero-order valence-electron chi connectivity index (χ0n) is 12.6. The molecule has 0 aromatic rings. The second kappa shape index (κ2) is 9.30. The third-order valence-electron chi connectivity index (χ3n) is 3.79. The first-order valence-corrected chi connectivity index (χ1v) is 7.80. The van der Waals surface area contributed by atoms with Crippen LogP contribution in [0.1, 0.15) is 47.5 Å². The van der Waals surface area contributed by atoms with Gasteiger partial charge in [0.05, 0.1) is 0 Å². The maximum Gasteiger partial charge on any atom is -0.00106 e. The first kappa shape index (κ1) is 17.4. The topological polar surface area (TPSA) is 6.48 Å². The summed E-state index contributed by atoms with van der Waals surface area (Å²) < 4.78 is 0. The lowest BCUT2D eigenvalue weighted by atomic mass is 10.0. The second-order valence-electron chi connectivity index (χ2n) is 5.21. The molecule has 0 aromatic heterocycles. The molecule has 0 aliphatic carbocycles.